The molecule has 1 amide bonds. The molecule has 4 heteroatoms. The Morgan fingerprint density at radius 1 is 1.50 bits per heavy atom. The van der Waals surface area contributed by atoms with E-state index in [1.54, 1.807) is 0 Å². The summed E-state index contributed by atoms with van der Waals surface area (Å²) in [5.41, 5.74) is 0. The molecule has 2 rings (SSSR count). The standard InChI is InChI=1S/C6H8NO2P/c8-5-2-3-1-4(5)7(10)6(3)9/h3-4H,1-2,10H2/t3-,4+/m0/s1. The second-order valence-corrected chi connectivity index (χ2v) is 3.42. The number of ketones is 1. The van der Waals surface area contributed by atoms with Crippen LogP contribution in [0.5, 0.6) is 0 Å². The molecule has 1 aliphatic carbocycles. The van der Waals surface area contributed by atoms with Crippen molar-refractivity contribution in [1.29, 1.82) is 0 Å². The van der Waals surface area contributed by atoms with Crippen LogP contribution in [-0.4, -0.2) is 22.4 Å². The molecule has 1 saturated carbocycles. The van der Waals surface area contributed by atoms with Gasteiger partial charge in [0.15, 0.2) is 5.78 Å². The summed E-state index contributed by atoms with van der Waals surface area (Å²) in [4.78, 5) is 22.0. The van der Waals surface area contributed by atoms with Crippen LogP contribution in [0.1, 0.15) is 12.8 Å². The average Bonchev–Trinajstić information content (AvgIpc) is 2.36. The maximum Gasteiger partial charge on any atom is 0.229 e. The van der Waals surface area contributed by atoms with Crippen LogP contribution >= 0.6 is 9.39 Å². The van der Waals surface area contributed by atoms with Gasteiger partial charge in [-0.15, -0.1) is 0 Å². The molecule has 0 radical (unpaired) electrons. The number of nitrogens with zero attached hydrogens (tertiary/aromatic N) is 1. The summed E-state index contributed by atoms with van der Waals surface area (Å²) < 4.78 is 1.50. The lowest BCUT2D eigenvalue weighted by molar-refractivity contribution is -0.135. The fourth-order valence-electron chi connectivity index (χ4n) is 1.68. The molecule has 0 aromatic heterocycles. The zero-order chi connectivity index (χ0) is 7.30. The molecule has 0 aromatic rings. The van der Waals surface area contributed by atoms with E-state index < -0.39 is 0 Å². The van der Waals surface area contributed by atoms with Crippen molar-refractivity contribution in [2.45, 2.75) is 18.9 Å². The lowest BCUT2D eigenvalue weighted by Gasteiger charge is -2.19. The maximum absolute atomic E-state index is 11.1. The van der Waals surface area contributed by atoms with Gasteiger partial charge in [0.2, 0.25) is 5.91 Å². The second kappa shape index (κ2) is 1.79. The van der Waals surface area contributed by atoms with E-state index in [0.29, 0.717) is 6.42 Å². The molecule has 1 unspecified atom stereocenters. The van der Waals surface area contributed by atoms with Crippen LogP contribution in [0.4, 0.5) is 0 Å². The van der Waals surface area contributed by atoms with Gasteiger partial charge in [-0.25, -0.2) is 0 Å². The summed E-state index contributed by atoms with van der Waals surface area (Å²) in [6, 6.07) is -0.109. The Bertz CT molecular complexity index is 212. The normalized spacial score (nSPS) is 37.9. The average molecular weight is 157 g/mol. The highest BCUT2D eigenvalue weighted by atomic mass is 31.0. The SMILES string of the molecule is O=C1C[C@@H]2C[C@H]1N(P)C2=O. The summed E-state index contributed by atoms with van der Waals surface area (Å²) >= 11 is 0. The van der Waals surface area contributed by atoms with Crippen LogP contribution in [0, 0.1) is 5.92 Å². The number of rotatable bonds is 0. The Morgan fingerprint density at radius 2 is 2.20 bits per heavy atom. The van der Waals surface area contributed by atoms with Crippen molar-refractivity contribution >= 4 is 21.1 Å². The smallest absolute Gasteiger partial charge is 0.229 e. The van der Waals surface area contributed by atoms with Crippen molar-refractivity contribution < 1.29 is 9.59 Å². The number of amides is 1. The van der Waals surface area contributed by atoms with Gasteiger partial charge in [-0.3, -0.25) is 9.59 Å². The number of carbonyl (C=O) groups excluding carboxylic acids is 2. The molecule has 2 bridgehead atoms. The van der Waals surface area contributed by atoms with Crippen molar-refractivity contribution in [1.82, 2.24) is 4.67 Å². The van der Waals surface area contributed by atoms with Gasteiger partial charge in [0, 0.05) is 12.3 Å². The molecule has 1 aliphatic heterocycles. The quantitative estimate of drug-likeness (QED) is 0.463. The highest BCUT2D eigenvalue weighted by Gasteiger charge is 2.48. The van der Waals surface area contributed by atoms with Gasteiger partial charge in [0.05, 0.1) is 6.04 Å². The van der Waals surface area contributed by atoms with Crippen molar-refractivity contribution in [3.63, 3.8) is 0 Å². The van der Waals surface area contributed by atoms with Crippen molar-refractivity contribution in [2.75, 3.05) is 0 Å². The Labute approximate surface area is 61.0 Å². The van der Waals surface area contributed by atoms with Crippen molar-refractivity contribution in [2.24, 2.45) is 5.92 Å². The molecule has 0 spiro atoms. The number of Topliss-reactive ketones (excluding diaryl/α,β-unsaturated/α-hetero) is 1. The molecule has 0 aromatic carbocycles. The first kappa shape index (κ1) is 6.29. The highest BCUT2D eigenvalue weighted by molar-refractivity contribution is 7.14. The first-order chi connectivity index (χ1) is 4.70. The summed E-state index contributed by atoms with van der Waals surface area (Å²) in [6.07, 6.45) is 1.23. The van der Waals surface area contributed by atoms with E-state index in [4.69, 9.17) is 0 Å². The lowest BCUT2D eigenvalue weighted by Crippen LogP contribution is -2.34. The monoisotopic (exact) mass is 157 g/mol. The highest BCUT2D eigenvalue weighted by Crippen LogP contribution is 2.37. The van der Waals surface area contributed by atoms with E-state index in [-0.39, 0.29) is 23.7 Å². The van der Waals surface area contributed by atoms with E-state index in [9.17, 15) is 9.59 Å². The van der Waals surface area contributed by atoms with Crippen molar-refractivity contribution in [3.8, 4) is 0 Å². The van der Waals surface area contributed by atoms with Crippen LogP contribution in [0.3, 0.4) is 0 Å². The van der Waals surface area contributed by atoms with Gasteiger partial charge in [-0.2, -0.15) is 0 Å². The van der Waals surface area contributed by atoms with Gasteiger partial charge < -0.3 is 4.67 Å². The minimum atomic E-state index is -0.109. The first-order valence-electron chi connectivity index (χ1n) is 3.30. The van der Waals surface area contributed by atoms with Crippen molar-refractivity contribution in [3.05, 3.63) is 0 Å². The van der Waals surface area contributed by atoms with Gasteiger partial charge in [-0.05, 0) is 15.8 Å². The Balaban J connectivity index is 2.32. The Kier molecular flexibility index (Phi) is 1.13. The zero-order valence-corrected chi connectivity index (χ0v) is 6.56. The molecule has 2 fully saturated rings. The Hall–Kier alpha value is -0.430. The number of fused-ring (bicyclic) bond motifs is 2. The molecular formula is C6H8NO2P. The second-order valence-electron chi connectivity index (χ2n) is 2.86. The first-order valence-corrected chi connectivity index (χ1v) is 3.82. The minimum absolute atomic E-state index is 0.00926. The van der Waals surface area contributed by atoms with E-state index >= 15 is 0 Å². The van der Waals surface area contributed by atoms with Gasteiger partial charge >= 0.3 is 0 Å². The molecule has 54 valence electrons. The maximum atomic E-state index is 11.1. The topological polar surface area (TPSA) is 37.4 Å². The predicted molar refractivity (Wildman–Crippen MR) is 38.1 cm³/mol. The van der Waals surface area contributed by atoms with Crippen LogP contribution in [0.15, 0.2) is 0 Å². The summed E-state index contributed by atoms with van der Waals surface area (Å²) in [6.45, 7) is 0. The van der Waals surface area contributed by atoms with Crippen LogP contribution in [0.25, 0.3) is 0 Å². The third-order valence-electron chi connectivity index (χ3n) is 2.27. The van der Waals surface area contributed by atoms with Crippen LogP contribution in [0.2, 0.25) is 0 Å². The zero-order valence-electron chi connectivity index (χ0n) is 5.41. The summed E-state index contributed by atoms with van der Waals surface area (Å²) in [5.74, 6) is 0.351. The minimum Gasteiger partial charge on any atom is -0.317 e. The molecule has 1 heterocycles. The van der Waals surface area contributed by atoms with E-state index in [2.05, 4.69) is 9.39 Å². The summed E-state index contributed by atoms with van der Waals surface area (Å²) in [7, 11) is 2.31. The third kappa shape index (κ3) is 0.588. The number of carbonyl (C=O) groups is 2. The van der Waals surface area contributed by atoms with Crippen LogP contribution in [-0.2, 0) is 9.59 Å². The number of hydrogen-bond donors (Lipinski definition) is 0. The molecule has 1 saturated heterocycles. The molecule has 3 nitrogen and oxygen atoms in total. The lowest BCUT2D eigenvalue weighted by atomic mass is 10.1. The predicted octanol–water partition coefficient (Wildman–Crippen LogP) is -0.0336. The molecule has 3 atom stereocenters. The van der Waals surface area contributed by atoms with Gasteiger partial charge in [0.25, 0.3) is 0 Å². The van der Waals surface area contributed by atoms with Gasteiger partial charge in [-0.1, -0.05) is 0 Å². The number of hydrogen-bond acceptors (Lipinski definition) is 2. The largest absolute Gasteiger partial charge is 0.317 e. The van der Waals surface area contributed by atoms with E-state index in [1.165, 1.54) is 4.67 Å². The molecular weight excluding hydrogens is 149 g/mol. The fraction of sp³-hybridized carbons (Fsp3) is 0.667. The number of piperidine rings is 1. The van der Waals surface area contributed by atoms with E-state index in [0.717, 1.165) is 6.42 Å². The van der Waals surface area contributed by atoms with Crippen LogP contribution < -0.4 is 0 Å². The summed E-state index contributed by atoms with van der Waals surface area (Å²) in [5, 5.41) is 0. The molecule has 10 heavy (non-hydrogen) atoms. The fourth-order valence-corrected chi connectivity index (χ4v) is 2.18. The Morgan fingerprint density at radius 3 is 2.60 bits per heavy atom. The molecule has 0 N–H and O–H groups in total. The van der Waals surface area contributed by atoms with Gasteiger partial charge in [0.1, 0.15) is 0 Å². The third-order valence-corrected chi connectivity index (χ3v) is 2.88. The van der Waals surface area contributed by atoms with E-state index in [1.807, 2.05) is 0 Å². The molecule has 2 aliphatic rings.